The van der Waals surface area contributed by atoms with Crippen molar-refractivity contribution < 1.29 is 9.18 Å². The third-order valence-electron chi connectivity index (χ3n) is 5.94. The molecule has 9 heteroatoms. The second-order valence-corrected chi connectivity index (χ2v) is 8.86. The van der Waals surface area contributed by atoms with Crippen molar-refractivity contribution in [1.82, 2.24) is 24.7 Å². The number of imidazole rings is 1. The van der Waals surface area contributed by atoms with Crippen molar-refractivity contribution in [3.63, 3.8) is 0 Å². The second kappa shape index (κ2) is 8.08. The first-order valence-corrected chi connectivity index (χ1v) is 11.0. The minimum Gasteiger partial charge on any atom is -0.353 e. The molecule has 5 rings (SSSR count). The van der Waals surface area contributed by atoms with Gasteiger partial charge in [-0.05, 0) is 39.3 Å². The van der Waals surface area contributed by atoms with E-state index in [0.29, 0.717) is 34.5 Å². The SMILES string of the molecule is Cc1cn2cc(NC(=O)c3cnc(N4C[C@@H](C)N[C@H](C)C4)c4c(C)ccnc34)cc(F)c2n1. The highest BCUT2D eigenvalue weighted by Gasteiger charge is 2.26. The van der Waals surface area contributed by atoms with Crippen molar-refractivity contribution in [2.45, 2.75) is 39.8 Å². The van der Waals surface area contributed by atoms with Crippen LogP contribution in [0.4, 0.5) is 15.9 Å². The molecule has 1 fully saturated rings. The van der Waals surface area contributed by atoms with Crippen molar-refractivity contribution in [3.8, 4) is 0 Å². The number of hydrogen-bond acceptors (Lipinski definition) is 6. The number of pyridine rings is 3. The van der Waals surface area contributed by atoms with Gasteiger partial charge in [-0.25, -0.2) is 14.4 Å². The molecule has 2 N–H and O–H groups in total. The number of fused-ring (bicyclic) bond motifs is 2. The Morgan fingerprint density at radius 1 is 1.18 bits per heavy atom. The molecule has 0 unspecified atom stereocenters. The predicted molar refractivity (Wildman–Crippen MR) is 126 cm³/mol. The number of rotatable bonds is 3. The Labute approximate surface area is 190 Å². The van der Waals surface area contributed by atoms with Crippen LogP contribution >= 0.6 is 0 Å². The number of carbonyl (C=O) groups is 1. The van der Waals surface area contributed by atoms with Crippen LogP contribution in [-0.2, 0) is 0 Å². The molecule has 1 aliphatic rings. The molecule has 1 aliphatic heterocycles. The van der Waals surface area contributed by atoms with Gasteiger partial charge in [-0.3, -0.25) is 9.78 Å². The summed E-state index contributed by atoms with van der Waals surface area (Å²) < 4.78 is 16.0. The molecule has 4 aromatic heterocycles. The molecular weight excluding hydrogens is 421 g/mol. The topological polar surface area (TPSA) is 87.5 Å². The van der Waals surface area contributed by atoms with E-state index < -0.39 is 11.7 Å². The van der Waals surface area contributed by atoms with Crippen LogP contribution in [0.3, 0.4) is 0 Å². The first-order chi connectivity index (χ1) is 15.8. The summed E-state index contributed by atoms with van der Waals surface area (Å²) in [5.74, 6) is -0.0707. The number of hydrogen-bond donors (Lipinski definition) is 2. The van der Waals surface area contributed by atoms with E-state index in [4.69, 9.17) is 4.98 Å². The lowest BCUT2D eigenvalue weighted by Crippen LogP contribution is -2.54. The van der Waals surface area contributed by atoms with Gasteiger partial charge in [0.05, 0.1) is 22.5 Å². The fourth-order valence-corrected chi connectivity index (χ4v) is 4.65. The lowest BCUT2D eigenvalue weighted by Gasteiger charge is -2.37. The highest BCUT2D eigenvalue weighted by molar-refractivity contribution is 6.13. The number of aryl methyl sites for hydroxylation is 2. The minimum atomic E-state index is -0.504. The molecule has 0 aromatic carbocycles. The van der Waals surface area contributed by atoms with E-state index in [2.05, 4.69) is 39.3 Å². The first-order valence-electron chi connectivity index (χ1n) is 11.0. The van der Waals surface area contributed by atoms with Gasteiger partial charge in [-0.2, -0.15) is 0 Å². The summed E-state index contributed by atoms with van der Waals surface area (Å²) in [6.45, 7) is 9.71. The normalized spacial score (nSPS) is 18.8. The Bertz CT molecular complexity index is 1370. The van der Waals surface area contributed by atoms with Crippen LogP contribution in [0.15, 0.2) is 36.9 Å². The highest BCUT2D eigenvalue weighted by atomic mass is 19.1. The summed E-state index contributed by atoms with van der Waals surface area (Å²) in [4.78, 5) is 28.9. The molecule has 170 valence electrons. The van der Waals surface area contributed by atoms with E-state index in [1.807, 2.05) is 13.0 Å². The van der Waals surface area contributed by atoms with Gasteiger partial charge >= 0.3 is 0 Å². The lowest BCUT2D eigenvalue weighted by molar-refractivity contribution is 0.102. The number of nitrogens with one attached hydrogen (secondary N) is 2. The van der Waals surface area contributed by atoms with E-state index in [0.717, 1.165) is 29.9 Å². The number of carbonyl (C=O) groups excluding carboxylic acids is 1. The number of anilines is 2. The Morgan fingerprint density at radius 2 is 1.94 bits per heavy atom. The number of amides is 1. The zero-order chi connectivity index (χ0) is 23.3. The van der Waals surface area contributed by atoms with Crippen LogP contribution in [0.1, 0.15) is 35.5 Å². The predicted octanol–water partition coefficient (Wildman–Crippen LogP) is 3.47. The molecule has 2 atom stereocenters. The van der Waals surface area contributed by atoms with Crippen molar-refractivity contribution in [2.75, 3.05) is 23.3 Å². The summed E-state index contributed by atoms with van der Waals surface area (Å²) in [5.41, 5.74) is 3.17. The zero-order valence-electron chi connectivity index (χ0n) is 19.1. The number of nitrogens with zero attached hydrogens (tertiary/aromatic N) is 5. The third kappa shape index (κ3) is 3.89. The van der Waals surface area contributed by atoms with Crippen molar-refractivity contribution in [3.05, 3.63) is 59.6 Å². The Morgan fingerprint density at radius 3 is 2.70 bits per heavy atom. The molecule has 0 spiro atoms. The van der Waals surface area contributed by atoms with Gasteiger partial charge in [-0.1, -0.05) is 0 Å². The number of aromatic nitrogens is 4. The minimum absolute atomic E-state index is 0.221. The smallest absolute Gasteiger partial charge is 0.259 e. The van der Waals surface area contributed by atoms with Crippen molar-refractivity contribution in [1.29, 1.82) is 0 Å². The molecule has 0 aliphatic carbocycles. The molecule has 5 heterocycles. The largest absolute Gasteiger partial charge is 0.353 e. The van der Waals surface area contributed by atoms with Crippen LogP contribution in [0.2, 0.25) is 0 Å². The van der Waals surface area contributed by atoms with Gasteiger partial charge in [0.2, 0.25) is 0 Å². The van der Waals surface area contributed by atoms with Crippen molar-refractivity contribution >= 4 is 34.0 Å². The van der Waals surface area contributed by atoms with Gasteiger partial charge in [0.15, 0.2) is 11.5 Å². The van der Waals surface area contributed by atoms with E-state index in [-0.39, 0.29) is 5.65 Å². The third-order valence-corrected chi connectivity index (χ3v) is 5.94. The molecule has 0 saturated carbocycles. The molecule has 33 heavy (non-hydrogen) atoms. The molecule has 0 bridgehead atoms. The van der Waals surface area contributed by atoms with E-state index in [1.54, 1.807) is 36.1 Å². The lowest BCUT2D eigenvalue weighted by atomic mass is 10.1. The zero-order valence-corrected chi connectivity index (χ0v) is 19.1. The number of piperazine rings is 1. The standard InChI is InChI=1S/C24H26FN7O/c1-13-5-6-26-21-18(8-27-23(20(13)21)31-9-14(2)28-15(3)10-31)24(33)30-17-7-19(25)22-29-16(4)11-32(22)12-17/h5-8,11-12,14-15,28H,9-10H2,1-4H3,(H,30,33)/t14-,15-/m1/s1. The van der Waals surface area contributed by atoms with Crippen LogP contribution in [0.5, 0.6) is 0 Å². The average Bonchev–Trinajstić information content (AvgIpc) is 3.13. The van der Waals surface area contributed by atoms with Gasteiger partial charge in [0.1, 0.15) is 5.82 Å². The van der Waals surface area contributed by atoms with Crippen LogP contribution in [0.25, 0.3) is 16.6 Å². The van der Waals surface area contributed by atoms with Crippen LogP contribution in [-0.4, -0.2) is 50.4 Å². The Hall–Kier alpha value is -3.59. The maximum absolute atomic E-state index is 14.5. The molecule has 0 radical (unpaired) electrons. The quantitative estimate of drug-likeness (QED) is 0.500. The second-order valence-electron chi connectivity index (χ2n) is 8.86. The first kappa shape index (κ1) is 21.3. The summed E-state index contributed by atoms with van der Waals surface area (Å²) in [6, 6.07) is 3.84. The maximum atomic E-state index is 14.5. The average molecular weight is 448 g/mol. The van der Waals surface area contributed by atoms with Gasteiger partial charge in [0, 0.05) is 61.4 Å². The fourth-order valence-electron chi connectivity index (χ4n) is 4.65. The molecule has 8 nitrogen and oxygen atoms in total. The summed E-state index contributed by atoms with van der Waals surface area (Å²) in [7, 11) is 0. The van der Waals surface area contributed by atoms with E-state index in [9.17, 15) is 9.18 Å². The van der Waals surface area contributed by atoms with Gasteiger partial charge < -0.3 is 19.9 Å². The maximum Gasteiger partial charge on any atom is 0.259 e. The Kier molecular flexibility index (Phi) is 5.20. The summed E-state index contributed by atoms with van der Waals surface area (Å²) in [6.07, 6.45) is 6.61. The van der Waals surface area contributed by atoms with Crippen LogP contribution in [0, 0.1) is 19.7 Å². The van der Waals surface area contributed by atoms with Crippen LogP contribution < -0.4 is 15.5 Å². The van der Waals surface area contributed by atoms with E-state index in [1.165, 1.54) is 6.07 Å². The fraction of sp³-hybridized carbons (Fsp3) is 0.333. The molecular formula is C24H26FN7O. The highest BCUT2D eigenvalue weighted by Crippen LogP contribution is 2.30. The van der Waals surface area contributed by atoms with Gasteiger partial charge in [-0.15, -0.1) is 0 Å². The number of halogens is 1. The molecule has 4 aromatic rings. The molecule has 1 saturated heterocycles. The Balaban J connectivity index is 1.54. The molecule has 1 amide bonds. The summed E-state index contributed by atoms with van der Waals surface area (Å²) in [5, 5.41) is 7.18. The summed E-state index contributed by atoms with van der Waals surface area (Å²) >= 11 is 0. The van der Waals surface area contributed by atoms with Crippen molar-refractivity contribution in [2.24, 2.45) is 0 Å². The van der Waals surface area contributed by atoms with Gasteiger partial charge in [0.25, 0.3) is 5.91 Å². The van der Waals surface area contributed by atoms with E-state index >= 15 is 0 Å². The monoisotopic (exact) mass is 447 g/mol.